The lowest BCUT2D eigenvalue weighted by Crippen LogP contribution is -2.23. The normalized spacial score (nSPS) is 14.6. The molecule has 4 heteroatoms. The monoisotopic (exact) mass is 409 g/mol. The number of nitrogens with one attached hydrogen (secondary N) is 1. The van der Waals surface area contributed by atoms with Gasteiger partial charge in [-0.15, -0.1) is 11.3 Å². The standard InChI is InChI=1S/C15H25Br2NS/c1-4-7-8-11(5-2)9-13(18-6-3)12-10-14(16)19-15(12)17/h10-11,13,18H,4-9H2,1-3H3. The van der Waals surface area contributed by atoms with Crippen LogP contribution in [0.15, 0.2) is 13.6 Å². The van der Waals surface area contributed by atoms with Crippen LogP contribution in [0.1, 0.15) is 64.5 Å². The quantitative estimate of drug-likeness (QED) is 0.487. The third-order valence-electron chi connectivity index (χ3n) is 3.62. The SMILES string of the molecule is CCCCC(CC)CC(NCC)c1cc(Br)sc1Br. The summed E-state index contributed by atoms with van der Waals surface area (Å²) in [6, 6.07) is 2.73. The largest absolute Gasteiger partial charge is 0.310 e. The van der Waals surface area contributed by atoms with Crippen LogP contribution in [0.4, 0.5) is 0 Å². The molecule has 0 aliphatic rings. The molecule has 0 saturated heterocycles. The average molecular weight is 411 g/mol. The van der Waals surface area contributed by atoms with Gasteiger partial charge in [0, 0.05) is 6.04 Å². The molecule has 1 nitrogen and oxygen atoms in total. The van der Waals surface area contributed by atoms with Gasteiger partial charge in [-0.3, -0.25) is 0 Å². The molecule has 1 heterocycles. The Kier molecular flexibility index (Phi) is 8.87. The third kappa shape index (κ3) is 5.86. The molecule has 1 rings (SSSR count). The van der Waals surface area contributed by atoms with E-state index >= 15 is 0 Å². The van der Waals surface area contributed by atoms with Crippen LogP contribution >= 0.6 is 43.2 Å². The van der Waals surface area contributed by atoms with Crippen molar-refractivity contribution in [3.63, 3.8) is 0 Å². The van der Waals surface area contributed by atoms with Gasteiger partial charge in [-0.25, -0.2) is 0 Å². The van der Waals surface area contributed by atoms with Gasteiger partial charge in [-0.05, 0) is 62.4 Å². The van der Waals surface area contributed by atoms with Crippen molar-refractivity contribution < 1.29 is 0 Å². The summed E-state index contributed by atoms with van der Waals surface area (Å²) in [6.45, 7) is 7.81. The molecule has 0 saturated carbocycles. The predicted molar refractivity (Wildman–Crippen MR) is 94.1 cm³/mol. The second-order valence-corrected chi connectivity index (χ2v) is 8.79. The van der Waals surface area contributed by atoms with Crippen LogP contribution < -0.4 is 5.32 Å². The number of thiophene rings is 1. The maximum Gasteiger partial charge on any atom is 0.0758 e. The summed E-state index contributed by atoms with van der Waals surface area (Å²) in [5.74, 6) is 0.828. The summed E-state index contributed by atoms with van der Waals surface area (Å²) < 4.78 is 2.47. The van der Waals surface area contributed by atoms with Crippen molar-refractivity contribution in [3.05, 3.63) is 19.2 Å². The first kappa shape index (κ1) is 17.7. The number of rotatable bonds is 9. The van der Waals surface area contributed by atoms with Crippen LogP contribution in [-0.4, -0.2) is 6.54 Å². The van der Waals surface area contributed by atoms with Crippen molar-refractivity contribution in [1.29, 1.82) is 0 Å². The van der Waals surface area contributed by atoms with Crippen LogP contribution in [0.2, 0.25) is 0 Å². The molecule has 1 aromatic heterocycles. The molecule has 0 aliphatic carbocycles. The maximum atomic E-state index is 3.70. The van der Waals surface area contributed by atoms with Crippen molar-refractivity contribution >= 4 is 43.2 Å². The second kappa shape index (κ2) is 9.54. The zero-order chi connectivity index (χ0) is 14.3. The fourth-order valence-electron chi connectivity index (χ4n) is 2.47. The van der Waals surface area contributed by atoms with E-state index in [9.17, 15) is 0 Å². The molecule has 1 aromatic rings. The van der Waals surface area contributed by atoms with E-state index in [-0.39, 0.29) is 0 Å². The summed E-state index contributed by atoms with van der Waals surface area (Å²) in [4.78, 5) is 0. The van der Waals surface area contributed by atoms with E-state index < -0.39 is 0 Å². The van der Waals surface area contributed by atoms with E-state index in [1.165, 1.54) is 45.2 Å². The van der Waals surface area contributed by atoms with E-state index in [4.69, 9.17) is 0 Å². The van der Waals surface area contributed by atoms with Crippen molar-refractivity contribution in [3.8, 4) is 0 Å². The molecule has 110 valence electrons. The first-order chi connectivity index (χ1) is 9.12. The Morgan fingerprint density at radius 3 is 2.47 bits per heavy atom. The van der Waals surface area contributed by atoms with Gasteiger partial charge in [0.05, 0.1) is 7.57 Å². The van der Waals surface area contributed by atoms with Gasteiger partial charge in [-0.2, -0.15) is 0 Å². The molecule has 0 radical (unpaired) electrons. The summed E-state index contributed by atoms with van der Waals surface area (Å²) in [5.41, 5.74) is 1.41. The summed E-state index contributed by atoms with van der Waals surface area (Å²) in [7, 11) is 0. The minimum absolute atomic E-state index is 0.476. The van der Waals surface area contributed by atoms with Crippen LogP contribution in [0.3, 0.4) is 0 Å². The number of hydrogen-bond acceptors (Lipinski definition) is 2. The molecular weight excluding hydrogens is 386 g/mol. The Morgan fingerprint density at radius 1 is 1.26 bits per heavy atom. The predicted octanol–water partition coefficient (Wildman–Crippen LogP) is 6.53. The Hall–Kier alpha value is 0.620. The maximum absolute atomic E-state index is 3.70. The highest BCUT2D eigenvalue weighted by molar-refractivity contribution is 9.12. The van der Waals surface area contributed by atoms with Gasteiger partial charge < -0.3 is 5.32 Å². The van der Waals surface area contributed by atoms with Crippen molar-refractivity contribution in [2.24, 2.45) is 5.92 Å². The van der Waals surface area contributed by atoms with Crippen molar-refractivity contribution in [2.75, 3.05) is 6.54 Å². The summed E-state index contributed by atoms with van der Waals surface area (Å²) >= 11 is 9.06. The van der Waals surface area contributed by atoms with E-state index in [0.717, 1.165) is 12.5 Å². The highest BCUT2D eigenvalue weighted by Crippen LogP contribution is 2.38. The Morgan fingerprint density at radius 2 is 2.00 bits per heavy atom. The van der Waals surface area contributed by atoms with Gasteiger partial charge in [0.2, 0.25) is 0 Å². The smallest absolute Gasteiger partial charge is 0.0758 e. The lowest BCUT2D eigenvalue weighted by atomic mass is 9.90. The zero-order valence-corrected chi connectivity index (χ0v) is 16.1. The molecule has 2 atom stereocenters. The van der Waals surface area contributed by atoms with Crippen molar-refractivity contribution in [1.82, 2.24) is 5.32 Å². The summed E-state index contributed by atoms with van der Waals surface area (Å²) in [5, 5.41) is 3.65. The van der Waals surface area contributed by atoms with Gasteiger partial charge >= 0.3 is 0 Å². The molecule has 0 amide bonds. The highest BCUT2D eigenvalue weighted by Gasteiger charge is 2.20. The molecule has 1 N–H and O–H groups in total. The van der Waals surface area contributed by atoms with Crippen LogP contribution in [-0.2, 0) is 0 Å². The van der Waals surface area contributed by atoms with Crippen LogP contribution in [0, 0.1) is 5.92 Å². The minimum atomic E-state index is 0.476. The fraction of sp³-hybridized carbons (Fsp3) is 0.733. The van der Waals surface area contributed by atoms with Crippen LogP contribution in [0.5, 0.6) is 0 Å². The minimum Gasteiger partial charge on any atom is -0.310 e. The lowest BCUT2D eigenvalue weighted by Gasteiger charge is -2.23. The van der Waals surface area contributed by atoms with Crippen molar-refractivity contribution in [2.45, 2.75) is 58.9 Å². The Balaban J connectivity index is 2.73. The van der Waals surface area contributed by atoms with Gasteiger partial charge in [-0.1, -0.05) is 46.5 Å². The molecule has 0 aromatic carbocycles. The van der Waals surface area contributed by atoms with E-state index in [1.54, 1.807) is 11.3 Å². The van der Waals surface area contributed by atoms with Crippen LogP contribution in [0.25, 0.3) is 0 Å². The number of hydrogen-bond donors (Lipinski definition) is 1. The molecule has 0 aliphatic heterocycles. The number of halogens is 2. The first-order valence-electron chi connectivity index (χ1n) is 7.30. The van der Waals surface area contributed by atoms with E-state index in [0.29, 0.717) is 6.04 Å². The second-order valence-electron chi connectivity index (χ2n) is 5.04. The van der Waals surface area contributed by atoms with E-state index in [2.05, 4.69) is 64.0 Å². The highest BCUT2D eigenvalue weighted by atomic mass is 79.9. The molecule has 19 heavy (non-hydrogen) atoms. The molecule has 0 spiro atoms. The molecular formula is C15H25Br2NS. The van der Waals surface area contributed by atoms with Gasteiger partial charge in [0.1, 0.15) is 0 Å². The third-order valence-corrected chi connectivity index (χ3v) is 6.01. The lowest BCUT2D eigenvalue weighted by molar-refractivity contribution is 0.357. The fourth-order valence-corrected chi connectivity index (χ4v) is 5.45. The van der Waals surface area contributed by atoms with Gasteiger partial charge in [0.15, 0.2) is 0 Å². The first-order valence-corrected chi connectivity index (χ1v) is 9.70. The Labute approximate surface area is 138 Å². The molecule has 0 bridgehead atoms. The summed E-state index contributed by atoms with van der Waals surface area (Å²) in [6.07, 6.45) is 6.54. The molecule has 0 fully saturated rings. The van der Waals surface area contributed by atoms with Gasteiger partial charge in [0.25, 0.3) is 0 Å². The zero-order valence-electron chi connectivity index (χ0n) is 12.1. The topological polar surface area (TPSA) is 12.0 Å². The van der Waals surface area contributed by atoms with E-state index in [1.807, 2.05) is 0 Å². The average Bonchev–Trinajstić information content (AvgIpc) is 2.72. The molecule has 2 unspecified atom stereocenters. The Bertz CT molecular complexity index is 365. The number of unbranched alkanes of at least 4 members (excludes halogenated alkanes) is 1.